The van der Waals surface area contributed by atoms with Crippen LogP contribution in [-0.2, 0) is 0 Å². The van der Waals surface area contributed by atoms with Gasteiger partial charge >= 0.3 is 0 Å². The number of hydrogen-bond acceptors (Lipinski definition) is 4. The molecule has 3 heterocycles. The second-order valence-corrected chi connectivity index (χ2v) is 5.24. The van der Waals surface area contributed by atoms with Gasteiger partial charge in [0.15, 0.2) is 5.82 Å². The van der Waals surface area contributed by atoms with Crippen molar-refractivity contribution >= 4 is 23.9 Å². The second-order valence-electron chi connectivity index (χ2n) is 5.24. The zero-order chi connectivity index (χ0) is 12.2. The monoisotopic (exact) mass is 282 g/mol. The summed E-state index contributed by atoms with van der Waals surface area (Å²) in [6.07, 6.45) is 6.90. The minimum absolute atomic E-state index is 0. The lowest BCUT2D eigenvalue weighted by Gasteiger charge is -2.27. The Labute approximate surface area is 121 Å². The molecule has 2 N–H and O–H groups in total. The SMILES string of the molecule is Cl.c1cnc(N2CCCC2)c(NC2CCNCC2)c1. The molecule has 0 atom stereocenters. The largest absolute Gasteiger partial charge is 0.379 e. The van der Waals surface area contributed by atoms with Crippen LogP contribution in [0, 0.1) is 0 Å². The molecule has 1 aromatic heterocycles. The summed E-state index contributed by atoms with van der Waals surface area (Å²) in [6.45, 7) is 4.55. The van der Waals surface area contributed by atoms with Crippen molar-refractivity contribution in [2.24, 2.45) is 0 Å². The number of pyridine rings is 1. The van der Waals surface area contributed by atoms with Gasteiger partial charge in [0.05, 0.1) is 5.69 Å². The van der Waals surface area contributed by atoms with Crippen molar-refractivity contribution in [3.8, 4) is 0 Å². The molecule has 2 saturated heterocycles. The number of nitrogens with one attached hydrogen (secondary N) is 2. The number of hydrogen-bond donors (Lipinski definition) is 2. The Kier molecular flexibility index (Phi) is 5.28. The molecule has 2 aliphatic rings. The molecule has 0 amide bonds. The third-order valence-electron chi connectivity index (χ3n) is 3.89. The van der Waals surface area contributed by atoms with Crippen LogP contribution < -0.4 is 15.5 Å². The van der Waals surface area contributed by atoms with Gasteiger partial charge in [0.25, 0.3) is 0 Å². The molecular formula is C14H23ClN4. The predicted molar refractivity (Wildman–Crippen MR) is 82.4 cm³/mol. The zero-order valence-corrected chi connectivity index (χ0v) is 12.1. The Morgan fingerprint density at radius 1 is 1.21 bits per heavy atom. The Balaban J connectivity index is 0.00000133. The van der Waals surface area contributed by atoms with E-state index in [4.69, 9.17) is 0 Å². The molecule has 0 aliphatic carbocycles. The first-order chi connectivity index (χ1) is 8.93. The Morgan fingerprint density at radius 2 is 1.95 bits per heavy atom. The van der Waals surface area contributed by atoms with Gasteiger partial charge in [-0.1, -0.05) is 0 Å². The molecule has 3 rings (SSSR count). The topological polar surface area (TPSA) is 40.2 Å². The van der Waals surface area contributed by atoms with E-state index in [2.05, 4.69) is 26.6 Å². The molecular weight excluding hydrogens is 260 g/mol. The van der Waals surface area contributed by atoms with Crippen molar-refractivity contribution in [3.05, 3.63) is 18.3 Å². The maximum atomic E-state index is 4.57. The summed E-state index contributed by atoms with van der Waals surface area (Å²) in [5, 5.41) is 7.09. The van der Waals surface area contributed by atoms with E-state index >= 15 is 0 Å². The van der Waals surface area contributed by atoms with Gasteiger partial charge < -0.3 is 15.5 Å². The number of halogens is 1. The van der Waals surface area contributed by atoms with Gasteiger partial charge in [-0.25, -0.2) is 4.98 Å². The summed E-state index contributed by atoms with van der Waals surface area (Å²) >= 11 is 0. The van der Waals surface area contributed by atoms with Crippen LogP contribution in [0.25, 0.3) is 0 Å². The third kappa shape index (κ3) is 3.51. The molecule has 0 spiro atoms. The fourth-order valence-corrected chi connectivity index (χ4v) is 2.88. The van der Waals surface area contributed by atoms with Gasteiger partial charge in [0, 0.05) is 25.3 Å². The van der Waals surface area contributed by atoms with Crippen LogP contribution in [0.4, 0.5) is 11.5 Å². The first kappa shape index (κ1) is 14.4. The molecule has 0 saturated carbocycles. The zero-order valence-electron chi connectivity index (χ0n) is 11.3. The highest BCUT2D eigenvalue weighted by molar-refractivity contribution is 5.85. The number of rotatable bonds is 3. The van der Waals surface area contributed by atoms with E-state index in [1.165, 1.54) is 31.4 Å². The molecule has 0 radical (unpaired) electrons. The lowest BCUT2D eigenvalue weighted by molar-refractivity contribution is 0.479. The smallest absolute Gasteiger partial charge is 0.151 e. The van der Waals surface area contributed by atoms with Gasteiger partial charge in [-0.2, -0.15) is 0 Å². The summed E-state index contributed by atoms with van der Waals surface area (Å²) in [5.74, 6) is 1.15. The van der Waals surface area contributed by atoms with Crippen LogP contribution in [0.15, 0.2) is 18.3 Å². The quantitative estimate of drug-likeness (QED) is 0.892. The molecule has 2 fully saturated rings. The van der Waals surface area contributed by atoms with Gasteiger partial charge in [-0.15, -0.1) is 12.4 Å². The highest BCUT2D eigenvalue weighted by Crippen LogP contribution is 2.27. The minimum atomic E-state index is 0. The standard InChI is InChI=1S/C14H22N4.ClH/c1-2-11-18(10-1)14-13(4-3-7-16-14)17-12-5-8-15-9-6-12;/h3-4,7,12,15,17H,1-2,5-6,8-11H2;1H. The molecule has 2 aliphatic heterocycles. The van der Waals surface area contributed by atoms with Crippen LogP contribution in [0.5, 0.6) is 0 Å². The molecule has 0 aromatic carbocycles. The first-order valence-electron chi connectivity index (χ1n) is 7.11. The van der Waals surface area contributed by atoms with Crippen molar-refractivity contribution < 1.29 is 0 Å². The Hall–Kier alpha value is -1.00. The predicted octanol–water partition coefficient (Wildman–Crippen LogP) is 2.27. The minimum Gasteiger partial charge on any atom is -0.379 e. The summed E-state index contributed by atoms with van der Waals surface area (Å²) < 4.78 is 0. The summed E-state index contributed by atoms with van der Waals surface area (Å²) in [4.78, 5) is 6.98. The average Bonchev–Trinajstić information content (AvgIpc) is 2.94. The maximum Gasteiger partial charge on any atom is 0.151 e. The van der Waals surface area contributed by atoms with Gasteiger partial charge in [-0.3, -0.25) is 0 Å². The molecule has 4 nitrogen and oxygen atoms in total. The van der Waals surface area contributed by atoms with Crippen LogP contribution in [-0.4, -0.2) is 37.2 Å². The molecule has 19 heavy (non-hydrogen) atoms. The van der Waals surface area contributed by atoms with E-state index in [1.54, 1.807) is 0 Å². The van der Waals surface area contributed by atoms with Crippen LogP contribution >= 0.6 is 12.4 Å². The molecule has 1 aromatic rings. The van der Waals surface area contributed by atoms with Crippen LogP contribution in [0.3, 0.4) is 0 Å². The fourth-order valence-electron chi connectivity index (χ4n) is 2.88. The van der Waals surface area contributed by atoms with Crippen molar-refractivity contribution in [1.29, 1.82) is 0 Å². The van der Waals surface area contributed by atoms with E-state index < -0.39 is 0 Å². The summed E-state index contributed by atoms with van der Waals surface area (Å²) in [6, 6.07) is 4.79. The van der Waals surface area contributed by atoms with Crippen molar-refractivity contribution in [3.63, 3.8) is 0 Å². The van der Waals surface area contributed by atoms with Gasteiger partial charge in [-0.05, 0) is 50.9 Å². The average molecular weight is 283 g/mol. The van der Waals surface area contributed by atoms with E-state index in [0.29, 0.717) is 6.04 Å². The van der Waals surface area contributed by atoms with Gasteiger partial charge in [0.2, 0.25) is 0 Å². The lowest BCUT2D eigenvalue weighted by Crippen LogP contribution is -2.35. The van der Waals surface area contributed by atoms with E-state index in [1.807, 2.05) is 12.3 Å². The van der Waals surface area contributed by atoms with E-state index in [9.17, 15) is 0 Å². The fraction of sp³-hybridized carbons (Fsp3) is 0.643. The molecule has 0 unspecified atom stereocenters. The third-order valence-corrected chi connectivity index (χ3v) is 3.89. The molecule has 5 heteroatoms. The van der Waals surface area contributed by atoms with Crippen LogP contribution in [0.2, 0.25) is 0 Å². The Morgan fingerprint density at radius 3 is 2.68 bits per heavy atom. The van der Waals surface area contributed by atoms with Crippen molar-refractivity contribution in [1.82, 2.24) is 10.3 Å². The second kappa shape index (κ2) is 6.96. The maximum absolute atomic E-state index is 4.57. The first-order valence-corrected chi connectivity index (χ1v) is 7.11. The van der Waals surface area contributed by atoms with E-state index in [0.717, 1.165) is 32.0 Å². The highest BCUT2D eigenvalue weighted by Gasteiger charge is 2.19. The number of piperidine rings is 1. The van der Waals surface area contributed by atoms with Crippen molar-refractivity contribution in [2.75, 3.05) is 36.4 Å². The number of nitrogens with zero attached hydrogens (tertiary/aromatic N) is 2. The van der Waals surface area contributed by atoms with E-state index in [-0.39, 0.29) is 12.4 Å². The lowest BCUT2D eigenvalue weighted by atomic mass is 10.1. The molecule has 0 bridgehead atoms. The summed E-state index contributed by atoms with van der Waals surface area (Å²) in [5.41, 5.74) is 1.21. The van der Waals surface area contributed by atoms with Crippen molar-refractivity contribution in [2.45, 2.75) is 31.7 Å². The normalized spacial score (nSPS) is 20.1. The number of anilines is 2. The Bertz CT molecular complexity index is 387. The van der Waals surface area contributed by atoms with Gasteiger partial charge in [0.1, 0.15) is 0 Å². The highest BCUT2D eigenvalue weighted by atomic mass is 35.5. The van der Waals surface area contributed by atoms with Crippen LogP contribution in [0.1, 0.15) is 25.7 Å². The number of aromatic nitrogens is 1. The summed E-state index contributed by atoms with van der Waals surface area (Å²) in [7, 11) is 0. The molecule has 106 valence electrons.